The van der Waals surface area contributed by atoms with Crippen molar-refractivity contribution in [1.82, 2.24) is 5.43 Å². The Morgan fingerprint density at radius 2 is 2.00 bits per heavy atom. The minimum absolute atomic E-state index is 0.566. The highest BCUT2D eigenvalue weighted by atomic mass is 16.5. The third-order valence-electron chi connectivity index (χ3n) is 2.42. The molecule has 0 aromatic heterocycles. The Kier molecular flexibility index (Phi) is 4.05. The molecule has 1 aromatic rings. The molecule has 0 saturated carbocycles. The van der Waals surface area contributed by atoms with Gasteiger partial charge in [-0.05, 0) is 43.5 Å². The topological polar surface area (TPSA) is 50.7 Å². The molecule has 1 aromatic carbocycles. The Bertz CT molecular complexity index is 425. The number of hydrogen-bond acceptors (Lipinski definition) is 3. The van der Waals surface area contributed by atoms with E-state index >= 15 is 0 Å². The number of nitrogens with zero attached hydrogens (tertiary/aromatic N) is 1. The smallest absolute Gasteiger partial charge is 0.427 e. The van der Waals surface area contributed by atoms with E-state index in [1.54, 1.807) is 0 Å². The monoisotopic (exact) mass is 220 g/mol. The average Bonchev–Trinajstić information content (AvgIpc) is 2.29. The SMILES string of the molecule is COC(=O)N/N=C(\C)c1ccc(C)c(C)c1. The van der Waals surface area contributed by atoms with Crippen molar-refractivity contribution in [2.75, 3.05) is 7.11 Å². The van der Waals surface area contributed by atoms with E-state index in [2.05, 4.69) is 22.2 Å². The number of nitrogens with one attached hydrogen (secondary N) is 1. The lowest BCUT2D eigenvalue weighted by Crippen LogP contribution is -2.18. The van der Waals surface area contributed by atoms with Gasteiger partial charge in [-0.2, -0.15) is 5.10 Å². The molecule has 0 bridgehead atoms. The van der Waals surface area contributed by atoms with E-state index in [9.17, 15) is 4.79 Å². The predicted octanol–water partition coefficient (Wildman–Crippen LogP) is 2.38. The molecule has 0 unspecified atom stereocenters. The normalized spacial score (nSPS) is 11.1. The molecule has 1 amide bonds. The van der Waals surface area contributed by atoms with Crippen molar-refractivity contribution in [3.05, 3.63) is 34.9 Å². The van der Waals surface area contributed by atoms with Crippen molar-refractivity contribution in [2.24, 2.45) is 5.10 Å². The molecule has 86 valence electrons. The Morgan fingerprint density at radius 3 is 2.56 bits per heavy atom. The second kappa shape index (κ2) is 5.30. The van der Waals surface area contributed by atoms with Gasteiger partial charge in [0.2, 0.25) is 0 Å². The lowest BCUT2D eigenvalue weighted by atomic mass is 10.0. The summed E-state index contributed by atoms with van der Waals surface area (Å²) < 4.78 is 4.42. The van der Waals surface area contributed by atoms with Gasteiger partial charge in [0.05, 0.1) is 12.8 Å². The fraction of sp³-hybridized carbons (Fsp3) is 0.333. The first kappa shape index (κ1) is 12.2. The summed E-state index contributed by atoms with van der Waals surface area (Å²) in [5, 5.41) is 3.93. The summed E-state index contributed by atoms with van der Waals surface area (Å²) in [4.78, 5) is 10.8. The van der Waals surface area contributed by atoms with Crippen molar-refractivity contribution < 1.29 is 9.53 Å². The summed E-state index contributed by atoms with van der Waals surface area (Å²) in [5.41, 5.74) is 6.45. The fourth-order valence-electron chi connectivity index (χ4n) is 1.21. The third kappa shape index (κ3) is 3.08. The Hall–Kier alpha value is -1.84. The molecular formula is C12H16N2O2. The van der Waals surface area contributed by atoms with E-state index in [0.717, 1.165) is 11.3 Å². The Labute approximate surface area is 95.3 Å². The zero-order valence-electron chi connectivity index (χ0n) is 10.00. The van der Waals surface area contributed by atoms with Crippen LogP contribution in [-0.2, 0) is 4.74 Å². The molecule has 1 N–H and O–H groups in total. The minimum Gasteiger partial charge on any atom is -0.452 e. The van der Waals surface area contributed by atoms with E-state index in [1.165, 1.54) is 18.2 Å². The molecule has 0 atom stereocenters. The number of ether oxygens (including phenoxy) is 1. The van der Waals surface area contributed by atoms with Crippen molar-refractivity contribution >= 4 is 11.8 Å². The summed E-state index contributed by atoms with van der Waals surface area (Å²) in [6, 6.07) is 6.04. The van der Waals surface area contributed by atoms with Crippen LogP contribution in [0, 0.1) is 13.8 Å². The lowest BCUT2D eigenvalue weighted by Gasteiger charge is -2.05. The number of rotatable bonds is 2. The van der Waals surface area contributed by atoms with Crippen LogP contribution >= 0.6 is 0 Å². The van der Waals surface area contributed by atoms with Crippen LogP contribution in [0.4, 0.5) is 4.79 Å². The van der Waals surface area contributed by atoms with Gasteiger partial charge >= 0.3 is 6.09 Å². The van der Waals surface area contributed by atoms with Crippen LogP contribution in [0.15, 0.2) is 23.3 Å². The quantitative estimate of drug-likeness (QED) is 0.614. The Morgan fingerprint density at radius 1 is 1.31 bits per heavy atom. The fourth-order valence-corrected chi connectivity index (χ4v) is 1.21. The first-order chi connectivity index (χ1) is 7.54. The molecule has 0 aliphatic heterocycles. The maximum atomic E-state index is 10.8. The molecule has 1 rings (SSSR count). The summed E-state index contributed by atoms with van der Waals surface area (Å²) >= 11 is 0. The molecule has 4 heteroatoms. The van der Waals surface area contributed by atoms with E-state index in [1.807, 2.05) is 32.0 Å². The van der Waals surface area contributed by atoms with Crippen LogP contribution in [0.25, 0.3) is 0 Å². The lowest BCUT2D eigenvalue weighted by molar-refractivity contribution is 0.171. The zero-order chi connectivity index (χ0) is 12.1. The summed E-state index contributed by atoms with van der Waals surface area (Å²) in [5.74, 6) is 0. The van der Waals surface area contributed by atoms with Crippen molar-refractivity contribution in [2.45, 2.75) is 20.8 Å². The number of hydrazone groups is 1. The number of benzene rings is 1. The predicted molar refractivity (Wildman–Crippen MR) is 63.7 cm³/mol. The summed E-state index contributed by atoms with van der Waals surface area (Å²) in [6.45, 7) is 5.93. The van der Waals surface area contributed by atoms with E-state index < -0.39 is 6.09 Å². The maximum absolute atomic E-state index is 10.8. The number of hydrogen-bond donors (Lipinski definition) is 1. The minimum atomic E-state index is -0.566. The van der Waals surface area contributed by atoms with Gasteiger partial charge in [0.1, 0.15) is 0 Å². The van der Waals surface area contributed by atoms with Gasteiger partial charge in [0, 0.05) is 0 Å². The van der Waals surface area contributed by atoms with E-state index in [0.29, 0.717) is 0 Å². The van der Waals surface area contributed by atoms with Crippen molar-refractivity contribution in [1.29, 1.82) is 0 Å². The third-order valence-corrected chi connectivity index (χ3v) is 2.42. The molecule has 0 fully saturated rings. The number of aryl methyl sites for hydroxylation is 2. The molecule has 16 heavy (non-hydrogen) atoms. The highest BCUT2D eigenvalue weighted by Gasteiger charge is 2.01. The standard InChI is InChI=1S/C12H16N2O2/c1-8-5-6-11(7-9(8)2)10(3)13-14-12(15)16-4/h5-7H,1-4H3,(H,14,15)/b13-10+. The van der Waals surface area contributed by atoms with E-state index in [-0.39, 0.29) is 0 Å². The van der Waals surface area contributed by atoms with Gasteiger partial charge in [-0.1, -0.05) is 12.1 Å². The molecular weight excluding hydrogens is 204 g/mol. The van der Waals surface area contributed by atoms with Crippen LogP contribution in [0.1, 0.15) is 23.6 Å². The van der Waals surface area contributed by atoms with Gasteiger partial charge in [-0.3, -0.25) is 0 Å². The van der Waals surface area contributed by atoms with E-state index in [4.69, 9.17) is 0 Å². The molecule has 0 spiro atoms. The first-order valence-electron chi connectivity index (χ1n) is 5.00. The van der Waals surface area contributed by atoms with Gasteiger partial charge in [0.25, 0.3) is 0 Å². The second-order valence-electron chi connectivity index (χ2n) is 3.60. The largest absolute Gasteiger partial charge is 0.452 e. The average molecular weight is 220 g/mol. The number of amides is 1. The summed E-state index contributed by atoms with van der Waals surface area (Å²) in [6.07, 6.45) is -0.566. The molecule has 4 nitrogen and oxygen atoms in total. The van der Waals surface area contributed by atoms with Gasteiger partial charge in [0.15, 0.2) is 0 Å². The highest BCUT2D eigenvalue weighted by molar-refractivity contribution is 5.99. The highest BCUT2D eigenvalue weighted by Crippen LogP contribution is 2.10. The molecule has 0 aliphatic rings. The molecule has 0 radical (unpaired) electrons. The zero-order valence-corrected chi connectivity index (χ0v) is 10.00. The Balaban J connectivity index is 2.83. The maximum Gasteiger partial charge on any atom is 0.427 e. The molecule has 0 saturated heterocycles. The van der Waals surface area contributed by atoms with Crippen molar-refractivity contribution in [3.63, 3.8) is 0 Å². The van der Waals surface area contributed by atoms with Crippen LogP contribution in [0.2, 0.25) is 0 Å². The second-order valence-corrected chi connectivity index (χ2v) is 3.60. The summed E-state index contributed by atoms with van der Waals surface area (Å²) in [7, 11) is 1.30. The number of carbonyl (C=O) groups excluding carboxylic acids is 1. The van der Waals surface area contributed by atoms with Crippen LogP contribution in [0.5, 0.6) is 0 Å². The molecule has 0 heterocycles. The molecule has 0 aliphatic carbocycles. The van der Waals surface area contributed by atoms with Crippen LogP contribution < -0.4 is 5.43 Å². The van der Waals surface area contributed by atoms with Crippen LogP contribution in [-0.4, -0.2) is 18.9 Å². The van der Waals surface area contributed by atoms with Crippen molar-refractivity contribution in [3.8, 4) is 0 Å². The number of methoxy groups -OCH3 is 1. The number of carbonyl (C=O) groups is 1. The van der Waals surface area contributed by atoms with Gasteiger partial charge in [-0.25, -0.2) is 10.2 Å². The van der Waals surface area contributed by atoms with Gasteiger partial charge < -0.3 is 4.74 Å². The first-order valence-corrected chi connectivity index (χ1v) is 5.00. The van der Waals surface area contributed by atoms with Crippen LogP contribution in [0.3, 0.4) is 0 Å². The van der Waals surface area contributed by atoms with Gasteiger partial charge in [-0.15, -0.1) is 0 Å².